The number of phenolic OH excluding ortho intramolecular Hbond substituents is 1. The van der Waals surface area contributed by atoms with Crippen LogP contribution in [0.25, 0.3) is 0 Å². The van der Waals surface area contributed by atoms with Crippen molar-refractivity contribution in [2.24, 2.45) is 5.10 Å². The van der Waals surface area contributed by atoms with Crippen LogP contribution in [-0.2, 0) is 11.3 Å². The third kappa shape index (κ3) is 3.43. The summed E-state index contributed by atoms with van der Waals surface area (Å²) in [7, 11) is 1.44. The van der Waals surface area contributed by atoms with Gasteiger partial charge in [-0.1, -0.05) is 6.07 Å². The van der Waals surface area contributed by atoms with E-state index in [1.54, 1.807) is 18.2 Å². The highest BCUT2D eigenvalue weighted by Gasteiger charge is 2.12. The Morgan fingerprint density at radius 2 is 2.48 bits per heavy atom. The van der Waals surface area contributed by atoms with Crippen LogP contribution in [0.3, 0.4) is 0 Å². The first-order valence-corrected chi connectivity index (χ1v) is 5.86. The van der Waals surface area contributed by atoms with E-state index in [-0.39, 0.29) is 18.2 Å². The number of ether oxygens (including phenoxy) is 1. The molecular formula is C11H14N7O3+. The third-order valence-corrected chi connectivity index (χ3v) is 2.54. The van der Waals surface area contributed by atoms with Gasteiger partial charge in [-0.05, 0) is 12.1 Å². The van der Waals surface area contributed by atoms with E-state index in [0.717, 1.165) is 0 Å². The van der Waals surface area contributed by atoms with Crippen molar-refractivity contribution in [3.8, 4) is 11.5 Å². The number of carbonyl (C=O) groups is 1. The highest BCUT2D eigenvalue weighted by atomic mass is 16.5. The number of para-hydroxylation sites is 1. The second kappa shape index (κ2) is 6.32. The van der Waals surface area contributed by atoms with E-state index in [1.165, 1.54) is 18.0 Å². The van der Waals surface area contributed by atoms with Crippen molar-refractivity contribution < 1.29 is 19.3 Å². The molecule has 2 rings (SSSR count). The molecule has 0 radical (unpaired) electrons. The number of phenols is 1. The average Bonchev–Trinajstić information content (AvgIpc) is 2.86. The summed E-state index contributed by atoms with van der Waals surface area (Å²) < 4.78 is 6.21. The zero-order valence-corrected chi connectivity index (χ0v) is 11.1. The molecule has 0 spiro atoms. The van der Waals surface area contributed by atoms with E-state index in [9.17, 15) is 9.90 Å². The number of nitrogen functional groups attached to an aromatic ring is 1. The van der Waals surface area contributed by atoms with Crippen LogP contribution in [0.5, 0.6) is 11.5 Å². The number of amides is 1. The molecule has 0 aliphatic heterocycles. The predicted octanol–water partition coefficient (Wildman–Crippen LogP) is -1.46. The summed E-state index contributed by atoms with van der Waals surface area (Å²) >= 11 is 0. The van der Waals surface area contributed by atoms with E-state index in [1.807, 2.05) is 0 Å². The lowest BCUT2D eigenvalue weighted by molar-refractivity contribution is -0.729. The minimum Gasteiger partial charge on any atom is -0.504 e. The zero-order valence-electron chi connectivity index (χ0n) is 11.1. The number of hydrogen-bond acceptors (Lipinski definition) is 7. The Morgan fingerprint density at radius 1 is 1.67 bits per heavy atom. The highest BCUT2D eigenvalue weighted by molar-refractivity contribution is 5.86. The molecule has 0 fully saturated rings. The maximum absolute atomic E-state index is 11.6. The number of nitrogens with two attached hydrogens (primary N) is 1. The van der Waals surface area contributed by atoms with Gasteiger partial charge in [0.05, 0.1) is 18.4 Å². The normalized spacial score (nSPS) is 10.7. The van der Waals surface area contributed by atoms with Gasteiger partial charge in [-0.25, -0.2) is 5.43 Å². The molecule has 10 heteroatoms. The predicted molar refractivity (Wildman–Crippen MR) is 71.4 cm³/mol. The average molecular weight is 292 g/mol. The fourth-order valence-electron chi connectivity index (χ4n) is 1.51. The van der Waals surface area contributed by atoms with Crippen molar-refractivity contribution >= 4 is 18.1 Å². The molecule has 0 saturated carbocycles. The van der Waals surface area contributed by atoms with Gasteiger partial charge in [0, 0.05) is 5.56 Å². The van der Waals surface area contributed by atoms with E-state index in [4.69, 9.17) is 10.5 Å². The van der Waals surface area contributed by atoms with Crippen LogP contribution in [0.1, 0.15) is 5.56 Å². The summed E-state index contributed by atoms with van der Waals surface area (Å²) in [5, 5.41) is 22.9. The number of aromatic hydroxyl groups is 1. The van der Waals surface area contributed by atoms with Crippen LogP contribution < -0.4 is 20.6 Å². The van der Waals surface area contributed by atoms with Gasteiger partial charge in [0.15, 0.2) is 18.0 Å². The van der Waals surface area contributed by atoms with Gasteiger partial charge in [0.2, 0.25) is 0 Å². The number of rotatable bonds is 5. The first-order valence-electron chi connectivity index (χ1n) is 5.86. The fourth-order valence-corrected chi connectivity index (χ4v) is 1.51. The number of hydrazone groups is 1. The van der Waals surface area contributed by atoms with Gasteiger partial charge in [-0.15, -0.1) is 9.90 Å². The van der Waals surface area contributed by atoms with Crippen molar-refractivity contribution in [3.05, 3.63) is 23.8 Å². The number of H-pyrrole nitrogens is 1. The van der Waals surface area contributed by atoms with Crippen LogP contribution in [0.15, 0.2) is 23.3 Å². The topological polar surface area (TPSA) is 142 Å². The standard InChI is InChI=1S/C11H13N7O3/c1-21-8-4-2-3-7(10(8)20)5-13-14-9(19)6-18-11(12)15-16-17-18/h2-5H,6H2,1H3,(H4,12,13,14,15,16,17,19,20)/p+1. The summed E-state index contributed by atoms with van der Waals surface area (Å²) in [4.78, 5) is 11.6. The molecule has 2 aromatic rings. The maximum Gasteiger partial charge on any atom is 0.397 e. The Labute approximate surface area is 119 Å². The molecule has 0 saturated heterocycles. The SMILES string of the molecule is COc1cccc(/C=N/NC(=O)C[n+]2[nH]nnc2N)c1O. The molecule has 1 amide bonds. The van der Waals surface area contributed by atoms with E-state index < -0.39 is 5.91 Å². The molecule has 10 nitrogen and oxygen atoms in total. The number of methoxy groups -OCH3 is 1. The monoisotopic (exact) mass is 292 g/mol. The lowest BCUT2D eigenvalue weighted by Gasteiger charge is -2.04. The highest BCUT2D eigenvalue weighted by Crippen LogP contribution is 2.27. The number of aromatic amines is 1. The number of tetrazole rings is 1. The largest absolute Gasteiger partial charge is 0.504 e. The maximum atomic E-state index is 11.6. The Balaban J connectivity index is 1.96. The molecule has 0 aliphatic carbocycles. The van der Waals surface area contributed by atoms with Crippen molar-refractivity contribution in [2.45, 2.75) is 6.54 Å². The first kappa shape index (κ1) is 14.2. The van der Waals surface area contributed by atoms with E-state index in [0.29, 0.717) is 11.3 Å². The number of aromatic nitrogens is 4. The number of anilines is 1. The minimum absolute atomic E-state index is 0.0608. The molecule has 1 aromatic carbocycles. The van der Waals surface area contributed by atoms with Crippen LogP contribution in [0, 0.1) is 0 Å². The van der Waals surface area contributed by atoms with Gasteiger partial charge >= 0.3 is 5.95 Å². The number of hydrogen-bond donors (Lipinski definition) is 4. The number of carbonyl (C=O) groups excluding carboxylic acids is 1. The molecule has 110 valence electrons. The molecule has 0 aliphatic rings. The Bertz CT molecular complexity index is 668. The van der Waals surface area contributed by atoms with E-state index >= 15 is 0 Å². The third-order valence-electron chi connectivity index (χ3n) is 2.54. The molecule has 0 atom stereocenters. The van der Waals surface area contributed by atoms with Crippen molar-refractivity contribution in [2.75, 3.05) is 12.8 Å². The summed E-state index contributed by atoms with van der Waals surface area (Å²) in [6.07, 6.45) is 1.30. The molecule has 0 bridgehead atoms. The quantitative estimate of drug-likeness (QED) is 0.301. The summed E-state index contributed by atoms with van der Waals surface area (Å²) in [6, 6.07) is 4.92. The lowest BCUT2D eigenvalue weighted by atomic mass is 10.2. The Kier molecular flexibility index (Phi) is 4.29. The summed E-state index contributed by atoms with van der Waals surface area (Å²) in [5.41, 5.74) is 8.15. The lowest BCUT2D eigenvalue weighted by Crippen LogP contribution is -2.45. The molecule has 1 heterocycles. The van der Waals surface area contributed by atoms with Crippen LogP contribution in [-0.4, -0.2) is 39.9 Å². The smallest absolute Gasteiger partial charge is 0.397 e. The minimum atomic E-state index is -0.434. The first-order chi connectivity index (χ1) is 10.1. The van der Waals surface area contributed by atoms with E-state index in [2.05, 4.69) is 26.1 Å². The van der Waals surface area contributed by atoms with Crippen molar-refractivity contribution in [1.29, 1.82) is 0 Å². The van der Waals surface area contributed by atoms with Gasteiger partial charge in [-0.2, -0.15) is 5.10 Å². The zero-order chi connectivity index (χ0) is 15.2. The molecule has 21 heavy (non-hydrogen) atoms. The molecular weight excluding hydrogens is 278 g/mol. The summed E-state index contributed by atoms with van der Waals surface area (Å²) in [5.74, 6) is -0.0949. The fraction of sp³-hybridized carbons (Fsp3) is 0.182. The van der Waals surface area contributed by atoms with Gasteiger partial charge in [0.25, 0.3) is 5.91 Å². The molecule has 5 N–H and O–H groups in total. The molecule has 1 aromatic heterocycles. The van der Waals surface area contributed by atoms with Crippen molar-refractivity contribution in [1.82, 2.24) is 21.0 Å². The number of nitrogens with zero attached hydrogens (tertiary/aromatic N) is 4. The van der Waals surface area contributed by atoms with Crippen molar-refractivity contribution in [3.63, 3.8) is 0 Å². The van der Waals surface area contributed by atoms with Crippen LogP contribution in [0.4, 0.5) is 5.95 Å². The second-order valence-electron chi connectivity index (χ2n) is 3.94. The Hall–Kier alpha value is -3.17. The van der Waals surface area contributed by atoms with Gasteiger partial charge in [0.1, 0.15) is 5.21 Å². The van der Waals surface area contributed by atoms with Crippen LogP contribution in [0.2, 0.25) is 0 Å². The van der Waals surface area contributed by atoms with Gasteiger partial charge < -0.3 is 15.6 Å². The van der Waals surface area contributed by atoms with Crippen LogP contribution >= 0.6 is 0 Å². The molecule has 0 unspecified atom stereocenters. The second-order valence-corrected chi connectivity index (χ2v) is 3.94. The Morgan fingerprint density at radius 3 is 3.14 bits per heavy atom. The number of benzene rings is 1. The summed E-state index contributed by atoms with van der Waals surface area (Å²) in [6.45, 7) is -0.111. The van der Waals surface area contributed by atoms with Gasteiger partial charge in [-0.3, -0.25) is 4.79 Å². The number of nitrogens with one attached hydrogen (secondary N) is 2.